The molecule has 0 atom stereocenters. The Morgan fingerprint density at radius 3 is 2.52 bits per heavy atom. The number of hydrogen-bond acceptors (Lipinski definition) is 2. The molecule has 1 aliphatic rings. The van der Waals surface area contributed by atoms with Gasteiger partial charge in [-0.1, -0.05) is 25.7 Å². The molecule has 1 amide bonds. The minimum atomic E-state index is -0.415. The minimum Gasteiger partial charge on any atom is -0.349 e. The summed E-state index contributed by atoms with van der Waals surface area (Å²) in [5.74, 6) is -0.843. The van der Waals surface area contributed by atoms with Crippen molar-refractivity contribution in [2.75, 3.05) is 0 Å². The van der Waals surface area contributed by atoms with Gasteiger partial charge in [0.15, 0.2) is 0 Å². The zero-order chi connectivity index (χ0) is 16.4. The van der Waals surface area contributed by atoms with Gasteiger partial charge in [-0.2, -0.15) is 0 Å². The number of aromatic nitrogens is 1. The van der Waals surface area contributed by atoms with Crippen molar-refractivity contribution in [1.29, 1.82) is 0 Å². The summed E-state index contributed by atoms with van der Waals surface area (Å²) in [7, 11) is 0. The maximum atomic E-state index is 13.6. The molecule has 1 aliphatic carbocycles. The second kappa shape index (κ2) is 6.52. The Labute approximate surface area is 134 Å². The highest BCUT2D eigenvalue weighted by Gasteiger charge is 2.20. The highest BCUT2D eigenvalue weighted by molar-refractivity contribution is 6.09. The summed E-state index contributed by atoms with van der Waals surface area (Å²) in [6.07, 6.45) is 8.13. The maximum Gasteiger partial charge on any atom is 0.253 e. The van der Waals surface area contributed by atoms with Crippen molar-refractivity contribution >= 4 is 22.7 Å². The van der Waals surface area contributed by atoms with Crippen molar-refractivity contribution in [2.24, 2.45) is 0 Å². The first-order chi connectivity index (χ1) is 11.1. The summed E-state index contributed by atoms with van der Waals surface area (Å²) in [6.45, 7) is 1.43. The van der Waals surface area contributed by atoms with E-state index < -0.39 is 5.82 Å². The summed E-state index contributed by atoms with van der Waals surface area (Å²) in [5.41, 5.74) is 0.920. The van der Waals surface area contributed by atoms with Gasteiger partial charge in [0.05, 0.1) is 11.1 Å². The van der Waals surface area contributed by atoms with E-state index in [0.29, 0.717) is 16.5 Å². The van der Waals surface area contributed by atoms with Crippen molar-refractivity contribution in [3.05, 3.63) is 35.8 Å². The van der Waals surface area contributed by atoms with E-state index in [-0.39, 0.29) is 17.9 Å². The molecular weight excluding hydrogens is 295 g/mol. The molecule has 1 heterocycles. The summed E-state index contributed by atoms with van der Waals surface area (Å²) < 4.78 is 15.0. The molecule has 122 valence electrons. The fourth-order valence-corrected chi connectivity index (χ4v) is 3.33. The molecule has 0 unspecified atom stereocenters. The van der Waals surface area contributed by atoms with Crippen LogP contribution >= 0.6 is 0 Å². The van der Waals surface area contributed by atoms with Gasteiger partial charge in [-0.15, -0.1) is 0 Å². The Morgan fingerprint density at radius 2 is 1.87 bits per heavy atom. The smallest absolute Gasteiger partial charge is 0.253 e. The van der Waals surface area contributed by atoms with Gasteiger partial charge in [-0.25, -0.2) is 4.39 Å². The number of nitrogens with zero attached hydrogens (tertiary/aromatic N) is 1. The van der Waals surface area contributed by atoms with Gasteiger partial charge >= 0.3 is 0 Å². The fourth-order valence-electron chi connectivity index (χ4n) is 3.33. The van der Waals surface area contributed by atoms with Gasteiger partial charge in [-0.3, -0.25) is 14.2 Å². The van der Waals surface area contributed by atoms with Crippen molar-refractivity contribution < 1.29 is 14.0 Å². The molecule has 0 spiro atoms. The fraction of sp³-hybridized carbons (Fsp3) is 0.444. The molecule has 1 fully saturated rings. The average Bonchev–Trinajstić information content (AvgIpc) is 2.69. The number of carbonyl (C=O) groups excluding carboxylic acids is 2. The Morgan fingerprint density at radius 1 is 1.17 bits per heavy atom. The van der Waals surface area contributed by atoms with Crippen LogP contribution in [0, 0.1) is 5.82 Å². The van der Waals surface area contributed by atoms with E-state index in [1.807, 2.05) is 0 Å². The lowest BCUT2D eigenvalue weighted by atomic mass is 10.1. The van der Waals surface area contributed by atoms with E-state index in [1.54, 1.807) is 0 Å². The number of hydrogen-bond donors (Lipinski definition) is 1. The Kier molecular flexibility index (Phi) is 4.46. The molecule has 3 rings (SSSR count). The standard InChI is InChI=1S/C18H21FN2O2/c1-12(22)21-11-16(15-10-13(19)8-9-17(15)21)18(23)20-14-6-4-2-3-5-7-14/h8-11,14H,2-7H2,1H3,(H,20,23). The lowest BCUT2D eigenvalue weighted by molar-refractivity contribution is 0.0935. The van der Waals surface area contributed by atoms with E-state index in [0.717, 1.165) is 25.7 Å². The first kappa shape index (κ1) is 15.7. The zero-order valence-electron chi connectivity index (χ0n) is 13.3. The number of rotatable bonds is 2. The SMILES string of the molecule is CC(=O)n1cc(C(=O)NC2CCCCCC2)c2cc(F)ccc21. The minimum absolute atomic E-state index is 0.161. The quantitative estimate of drug-likeness (QED) is 0.855. The van der Waals surface area contributed by atoms with Gasteiger partial charge in [0.25, 0.3) is 5.91 Å². The molecule has 0 bridgehead atoms. The van der Waals surface area contributed by atoms with Crippen LogP contribution in [0.1, 0.15) is 60.6 Å². The van der Waals surface area contributed by atoms with Crippen LogP contribution in [0.15, 0.2) is 24.4 Å². The van der Waals surface area contributed by atoms with E-state index in [4.69, 9.17) is 0 Å². The molecule has 23 heavy (non-hydrogen) atoms. The molecule has 1 aromatic heterocycles. The van der Waals surface area contributed by atoms with Crippen LogP contribution in [0.5, 0.6) is 0 Å². The number of halogens is 1. The molecule has 2 aromatic rings. The van der Waals surface area contributed by atoms with Gasteiger partial charge in [0.1, 0.15) is 5.82 Å². The molecule has 4 nitrogen and oxygen atoms in total. The molecule has 0 aliphatic heterocycles. The molecule has 1 aromatic carbocycles. The number of benzene rings is 1. The summed E-state index contributed by atoms with van der Waals surface area (Å²) in [6, 6.07) is 4.31. The van der Waals surface area contributed by atoms with Crippen LogP contribution in [0.2, 0.25) is 0 Å². The Hall–Kier alpha value is -2.17. The molecule has 1 saturated carbocycles. The summed E-state index contributed by atoms with van der Waals surface area (Å²) >= 11 is 0. The van der Waals surface area contributed by atoms with Gasteiger partial charge < -0.3 is 5.32 Å². The number of amides is 1. The first-order valence-corrected chi connectivity index (χ1v) is 8.18. The third kappa shape index (κ3) is 3.28. The summed E-state index contributed by atoms with van der Waals surface area (Å²) in [4.78, 5) is 24.4. The van der Waals surface area contributed by atoms with Crippen LogP contribution in [-0.2, 0) is 0 Å². The van der Waals surface area contributed by atoms with Crippen molar-refractivity contribution in [2.45, 2.75) is 51.5 Å². The van der Waals surface area contributed by atoms with Crippen LogP contribution in [-0.4, -0.2) is 22.4 Å². The van der Waals surface area contributed by atoms with E-state index in [1.165, 1.54) is 48.7 Å². The predicted molar refractivity (Wildman–Crippen MR) is 87.2 cm³/mol. The highest BCUT2D eigenvalue weighted by atomic mass is 19.1. The molecule has 1 N–H and O–H groups in total. The second-order valence-corrected chi connectivity index (χ2v) is 6.26. The molecule has 0 saturated heterocycles. The third-order valence-corrected chi connectivity index (χ3v) is 4.54. The van der Waals surface area contributed by atoms with Crippen LogP contribution in [0.4, 0.5) is 4.39 Å². The van der Waals surface area contributed by atoms with Crippen LogP contribution < -0.4 is 5.32 Å². The van der Waals surface area contributed by atoms with Gasteiger partial charge in [-0.05, 0) is 31.0 Å². The van der Waals surface area contributed by atoms with E-state index >= 15 is 0 Å². The van der Waals surface area contributed by atoms with Crippen molar-refractivity contribution in [3.8, 4) is 0 Å². The first-order valence-electron chi connectivity index (χ1n) is 8.18. The monoisotopic (exact) mass is 316 g/mol. The number of nitrogens with one attached hydrogen (secondary N) is 1. The Bertz CT molecular complexity index is 743. The van der Waals surface area contributed by atoms with Crippen LogP contribution in [0.3, 0.4) is 0 Å². The number of carbonyl (C=O) groups is 2. The predicted octanol–water partition coefficient (Wildman–Crippen LogP) is 3.89. The maximum absolute atomic E-state index is 13.6. The highest BCUT2D eigenvalue weighted by Crippen LogP contribution is 2.24. The lowest BCUT2D eigenvalue weighted by Gasteiger charge is -2.15. The average molecular weight is 316 g/mol. The largest absolute Gasteiger partial charge is 0.349 e. The van der Waals surface area contributed by atoms with E-state index in [9.17, 15) is 14.0 Å². The summed E-state index contributed by atoms with van der Waals surface area (Å²) in [5, 5.41) is 3.53. The topological polar surface area (TPSA) is 51.1 Å². The second-order valence-electron chi connectivity index (χ2n) is 6.26. The zero-order valence-corrected chi connectivity index (χ0v) is 13.3. The van der Waals surface area contributed by atoms with Crippen LogP contribution in [0.25, 0.3) is 10.9 Å². The van der Waals surface area contributed by atoms with Gasteiger partial charge in [0, 0.05) is 24.5 Å². The Balaban J connectivity index is 1.93. The van der Waals surface area contributed by atoms with Crippen molar-refractivity contribution in [1.82, 2.24) is 9.88 Å². The third-order valence-electron chi connectivity index (χ3n) is 4.54. The van der Waals surface area contributed by atoms with E-state index in [2.05, 4.69) is 5.32 Å². The van der Waals surface area contributed by atoms with Crippen molar-refractivity contribution in [3.63, 3.8) is 0 Å². The number of fused-ring (bicyclic) bond motifs is 1. The molecule has 0 radical (unpaired) electrons. The molecule has 5 heteroatoms. The lowest BCUT2D eigenvalue weighted by Crippen LogP contribution is -2.34. The normalized spacial score (nSPS) is 16.3. The molecular formula is C18H21FN2O2. The van der Waals surface area contributed by atoms with Gasteiger partial charge in [0.2, 0.25) is 5.91 Å².